The first-order valence-corrected chi connectivity index (χ1v) is 25.8. The number of nitrogens with zero attached hydrogens (tertiary/aromatic N) is 1. The lowest BCUT2D eigenvalue weighted by atomic mass is 9.53. The lowest BCUT2D eigenvalue weighted by molar-refractivity contribution is 0.0822. The molecule has 328 valence electrons. The molecule has 1 heterocycles. The standard InChI is InChI=1S/C65H57NS/c1-39-33-42-35-41-36-43(34-39)65(42)56-32-30-46(38-58(56)64(4,5)55-22-12-9-18-52(55)62(41)65)66(45-29-31-50-49-17-8-11-21-54(49)63(2,3)57(50)37-45)44-27-25-40(26-28-44)47-15-6-7-16-48(47)51-20-14-24-60-61(51)53-19-10-13-23-59(53)67-60/h6-32,37-39,41-43,62H,33-36H2,1-5H3/t39-,41+,42-,43-,62?,65?/m1/s1. The number of rotatable bonds is 5. The van der Waals surface area contributed by atoms with Gasteiger partial charge in [0.15, 0.2) is 0 Å². The summed E-state index contributed by atoms with van der Waals surface area (Å²) in [5.41, 5.74) is 20.5. The van der Waals surface area contributed by atoms with E-state index in [-0.39, 0.29) is 16.2 Å². The molecule has 67 heavy (non-hydrogen) atoms. The molecule has 0 aliphatic heterocycles. The van der Waals surface area contributed by atoms with E-state index in [1.54, 1.807) is 11.1 Å². The molecule has 1 spiro atoms. The van der Waals surface area contributed by atoms with Crippen LogP contribution in [0.4, 0.5) is 17.1 Å². The van der Waals surface area contributed by atoms with Gasteiger partial charge in [0, 0.05) is 53.5 Å². The Morgan fingerprint density at radius 1 is 0.448 bits per heavy atom. The summed E-state index contributed by atoms with van der Waals surface area (Å²) < 4.78 is 2.67. The third-order valence-electron chi connectivity index (χ3n) is 18.1. The molecule has 5 aliphatic rings. The van der Waals surface area contributed by atoms with E-state index in [4.69, 9.17) is 0 Å². The maximum Gasteiger partial charge on any atom is 0.0465 e. The molecule has 0 radical (unpaired) electrons. The Morgan fingerprint density at radius 3 is 1.82 bits per heavy atom. The average Bonchev–Trinajstić information content (AvgIpc) is 4.05. The SMILES string of the molecule is CC1(C)c2ccccc2-c2ccc(N(c3ccc(-c4ccccc4-c4cccc5sc6ccccc6c45)cc3)c3ccc4c(c3)C(C)(C)c3ccccc3C3[C@H]5C[C@H]6C[C@@H](C)C[C@H](C5)C436)cc21. The van der Waals surface area contributed by atoms with Gasteiger partial charge in [-0.3, -0.25) is 0 Å². The number of hydrogen-bond acceptors (Lipinski definition) is 2. The molecule has 5 aliphatic carbocycles. The summed E-state index contributed by atoms with van der Waals surface area (Å²) >= 11 is 1.89. The van der Waals surface area contributed by atoms with Crippen molar-refractivity contribution in [2.45, 2.75) is 82.5 Å². The molecule has 1 unspecified atom stereocenters. The largest absolute Gasteiger partial charge is 0.310 e. The van der Waals surface area contributed by atoms with Gasteiger partial charge in [-0.25, -0.2) is 0 Å². The van der Waals surface area contributed by atoms with Crippen molar-refractivity contribution in [3.8, 4) is 33.4 Å². The Labute approximate surface area is 400 Å². The summed E-state index contributed by atoms with van der Waals surface area (Å²) in [4.78, 5) is 2.57. The predicted molar refractivity (Wildman–Crippen MR) is 284 cm³/mol. The highest BCUT2D eigenvalue weighted by Gasteiger charge is 2.68. The van der Waals surface area contributed by atoms with Crippen LogP contribution in [-0.4, -0.2) is 0 Å². The molecule has 0 amide bonds. The minimum Gasteiger partial charge on any atom is -0.310 e. The fourth-order valence-electron chi connectivity index (χ4n) is 15.6. The molecule has 9 aromatic rings. The van der Waals surface area contributed by atoms with Crippen molar-refractivity contribution in [1.29, 1.82) is 0 Å². The number of anilines is 3. The van der Waals surface area contributed by atoms with E-state index in [1.807, 2.05) is 11.3 Å². The second-order valence-corrected chi connectivity index (χ2v) is 23.2. The normalized spacial score (nSPS) is 24.4. The second-order valence-electron chi connectivity index (χ2n) is 22.2. The summed E-state index contributed by atoms with van der Waals surface area (Å²) in [5, 5.41) is 2.68. The average molecular weight is 884 g/mol. The lowest BCUT2D eigenvalue weighted by Crippen LogP contribution is -2.46. The lowest BCUT2D eigenvalue weighted by Gasteiger charge is -2.51. The van der Waals surface area contributed by atoms with Crippen molar-refractivity contribution in [1.82, 2.24) is 0 Å². The van der Waals surface area contributed by atoms with Crippen LogP contribution in [0.25, 0.3) is 53.6 Å². The predicted octanol–water partition coefficient (Wildman–Crippen LogP) is 17.9. The Bertz CT molecular complexity index is 3480. The Morgan fingerprint density at radius 2 is 1.03 bits per heavy atom. The Kier molecular flexibility index (Phi) is 8.43. The zero-order valence-corrected chi connectivity index (χ0v) is 40.1. The van der Waals surface area contributed by atoms with Crippen LogP contribution in [0.3, 0.4) is 0 Å². The van der Waals surface area contributed by atoms with Crippen LogP contribution >= 0.6 is 11.3 Å². The third-order valence-corrected chi connectivity index (χ3v) is 19.3. The molecule has 14 rings (SSSR count). The van der Waals surface area contributed by atoms with E-state index in [1.165, 1.54) is 119 Å². The summed E-state index contributed by atoms with van der Waals surface area (Å²) in [6.45, 7) is 12.4. The van der Waals surface area contributed by atoms with Crippen molar-refractivity contribution >= 4 is 48.6 Å². The first-order valence-electron chi connectivity index (χ1n) is 25.0. The van der Waals surface area contributed by atoms with Gasteiger partial charge in [-0.2, -0.15) is 0 Å². The van der Waals surface area contributed by atoms with E-state index in [0.717, 1.165) is 23.7 Å². The molecule has 3 atom stereocenters. The molecule has 0 N–H and O–H groups in total. The number of hydrogen-bond donors (Lipinski definition) is 0. The van der Waals surface area contributed by atoms with Gasteiger partial charge in [0.25, 0.3) is 0 Å². The van der Waals surface area contributed by atoms with Crippen molar-refractivity contribution in [3.05, 3.63) is 209 Å². The summed E-state index contributed by atoms with van der Waals surface area (Å²) in [6.07, 6.45) is 5.49. The molecule has 2 bridgehead atoms. The molecule has 1 nitrogen and oxygen atoms in total. The van der Waals surface area contributed by atoms with Crippen LogP contribution in [0, 0.1) is 23.7 Å². The van der Waals surface area contributed by atoms with Gasteiger partial charge in [-0.15, -0.1) is 11.3 Å². The number of benzene rings is 8. The van der Waals surface area contributed by atoms with Gasteiger partial charge in [0.2, 0.25) is 0 Å². The van der Waals surface area contributed by atoms with Gasteiger partial charge >= 0.3 is 0 Å². The molecule has 1 aromatic heterocycles. The van der Waals surface area contributed by atoms with Crippen LogP contribution in [0.1, 0.15) is 99.6 Å². The van der Waals surface area contributed by atoms with Crippen LogP contribution in [0.15, 0.2) is 176 Å². The van der Waals surface area contributed by atoms with Gasteiger partial charge in [0.1, 0.15) is 0 Å². The smallest absolute Gasteiger partial charge is 0.0465 e. The first kappa shape index (κ1) is 39.9. The van der Waals surface area contributed by atoms with E-state index in [0.29, 0.717) is 5.92 Å². The topological polar surface area (TPSA) is 3.24 Å². The first-order chi connectivity index (χ1) is 32.6. The zero-order chi connectivity index (χ0) is 45.0. The molecule has 0 saturated heterocycles. The van der Waals surface area contributed by atoms with Gasteiger partial charge < -0.3 is 4.90 Å². The van der Waals surface area contributed by atoms with E-state index in [2.05, 4.69) is 215 Å². The number of fused-ring (bicyclic) bond motifs is 8. The Balaban J connectivity index is 0.952. The molecule has 2 heteroatoms. The summed E-state index contributed by atoms with van der Waals surface area (Å²) in [7, 11) is 0. The van der Waals surface area contributed by atoms with Crippen molar-refractivity contribution in [3.63, 3.8) is 0 Å². The molecular weight excluding hydrogens is 827 g/mol. The van der Waals surface area contributed by atoms with Gasteiger partial charge in [0.05, 0.1) is 0 Å². The fourth-order valence-corrected chi connectivity index (χ4v) is 16.7. The maximum absolute atomic E-state index is 2.65. The van der Waals surface area contributed by atoms with E-state index < -0.39 is 0 Å². The van der Waals surface area contributed by atoms with Gasteiger partial charge in [-0.1, -0.05) is 162 Å². The van der Waals surface area contributed by atoms with Crippen LogP contribution in [0.2, 0.25) is 0 Å². The third kappa shape index (κ3) is 5.43. The zero-order valence-electron chi connectivity index (χ0n) is 39.3. The van der Waals surface area contributed by atoms with Crippen molar-refractivity contribution in [2.75, 3.05) is 4.90 Å². The highest BCUT2D eigenvalue weighted by molar-refractivity contribution is 7.25. The highest BCUT2D eigenvalue weighted by Crippen LogP contribution is 2.75. The number of thiophene rings is 1. The molecule has 8 aromatic carbocycles. The monoisotopic (exact) mass is 883 g/mol. The second kappa shape index (κ2) is 14.2. The van der Waals surface area contributed by atoms with Crippen LogP contribution < -0.4 is 4.90 Å². The highest BCUT2D eigenvalue weighted by atomic mass is 32.1. The fraction of sp³-hybridized carbons (Fsp3) is 0.262. The maximum atomic E-state index is 2.65. The van der Waals surface area contributed by atoms with Crippen molar-refractivity contribution in [2.24, 2.45) is 23.7 Å². The summed E-state index contributed by atoms with van der Waals surface area (Å²) in [6, 6.07) is 68.0. The quantitative estimate of drug-likeness (QED) is 0.166. The molecule has 3 fully saturated rings. The van der Waals surface area contributed by atoms with Gasteiger partial charge in [-0.05, 0) is 171 Å². The molecular formula is C65H57NS. The summed E-state index contributed by atoms with van der Waals surface area (Å²) in [5.74, 6) is 3.68. The minimum atomic E-state index is -0.154. The Hall–Kier alpha value is -6.22. The molecule has 3 saturated carbocycles. The minimum absolute atomic E-state index is 0.109. The van der Waals surface area contributed by atoms with E-state index in [9.17, 15) is 0 Å². The van der Waals surface area contributed by atoms with Crippen LogP contribution in [-0.2, 0) is 16.2 Å². The van der Waals surface area contributed by atoms with E-state index >= 15 is 0 Å². The van der Waals surface area contributed by atoms with Crippen LogP contribution in [0.5, 0.6) is 0 Å². The van der Waals surface area contributed by atoms with Crippen molar-refractivity contribution < 1.29 is 0 Å².